The highest BCUT2D eigenvalue weighted by atomic mass is 16.5. The first-order valence-corrected chi connectivity index (χ1v) is 6.77. The summed E-state index contributed by atoms with van der Waals surface area (Å²) < 4.78 is 5.47. The minimum atomic E-state index is 0.0232. The first-order valence-electron chi connectivity index (χ1n) is 6.77. The van der Waals surface area contributed by atoms with Crippen molar-refractivity contribution in [3.63, 3.8) is 0 Å². The van der Waals surface area contributed by atoms with Crippen LogP contribution in [0.25, 0.3) is 10.9 Å². The molecule has 0 amide bonds. The zero-order valence-electron chi connectivity index (χ0n) is 11.5. The van der Waals surface area contributed by atoms with Crippen LogP contribution >= 0.6 is 0 Å². The molecular formula is C16H19NO2. The van der Waals surface area contributed by atoms with Crippen LogP contribution < -0.4 is 0 Å². The van der Waals surface area contributed by atoms with E-state index in [1.165, 1.54) is 22.2 Å². The van der Waals surface area contributed by atoms with Crippen LogP contribution in [0.15, 0.2) is 24.3 Å². The molecule has 19 heavy (non-hydrogen) atoms. The van der Waals surface area contributed by atoms with E-state index < -0.39 is 0 Å². The molecule has 0 saturated carbocycles. The average Bonchev–Trinajstić information content (AvgIpc) is 2.65. The third-order valence-corrected chi connectivity index (χ3v) is 4.14. The van der Waals surface area contributed by atoms with E-state index in [2.05, 4.69) is 30.1 Å². The molecule has 2 aromatic rings. The molecule has 1 aromatic carbocycles. The Kier molecular flexibility index (Phi) is 2.94. The normalized spacial score (nSPS) is 17.4. The molecule has 0 unspecified atom stereocenters. The van der Waals surface area contributed by atoms with Gasteiger partial charge in [0.15, 0.2) is 0 Å². The van der Waals surface area contributed by atoms with E-state index in [9.17, 15) is 4.79 Å². The number of H-pyrrole nitrogens is 1. The maximum atomic E-state index is 11.3. The summed E-state index contributed by atoms with van der Waals surface area (Å²) in [5.41, 5.74) is 3.74. The number of hydrogen-bond donors (Lipinski definition) is 1. The molecular weight excluding hydrogens is 238 g/mol. The van der Waals surface area contributed by atoms with Gasteiger partial charge >= 0.3 is 0 Å². The molecule has 0 spiro atoms. The summed E-state index contributed by atoms with van der Waals surface area (Å²) in [4.78, 5) is 14.7. The number of carbonyl (C=O) groups excluding carboxylic acids is 1. The zero-order chi connectivity index (χ0) is 13.5. The number of para-hydroxylation sites is 1. The van der Waals surface area contributed by atoms with E-state index >= 15 is 0 Å². The Morgan fingerprint density at radius 2 is 2.11 bits per heavy atom. The average molecular weight is 257 g/mol. The Labute approximate surface area is 113 Å². The van der Waals surface area contributed by atoms with Gasteiger partial charge in [-0.2, -0.15) is 0 Å². The summed E-state index contributed by atoms with van der Waals surface area (Å²) in [7, 11) is 0. The van der Waals surface area contributed by atoms with Gasteiger partial charge in [-0.3, -0.25) is 0 Å². The summed E-state index contributed by atoms with van der Waals surface area (Å²) in [5.74, 6) is 0.253. The number of aromatic nitrogens is 1. The Morgan fingerprint density at radius 1 is 1.37 bits per heavy atom. The Bertz CT molecular complexity index is 623. The minimum absolute atomic E-state index is 0.0232. The lowest BCUT2D eigenvalue weighted by atomic mass is 9.73. The molecule has 2 heterocycles. The number of hydrogen-bond acceptors (Lipinski definition) is 2. The molecule has 1 fully saturated rings. The highest BCUT2D eigenvalue weighted by molar-refractivity contribution is 5.86. The van der Waals surface area contributed by atoms with Gasteiger partial charge in [-0.25, -0.2) is 0 Å². The van der Waals surface area contributed by atoms with E-state index in [1.54, 1.807) is 6.92 Å². The fourth-order valence-corrected chi connectivity index (χ4v) is 3.14. The SMILES string of the molecule is CC(=O)CCC1(c2c(C)[nH]c3ccccc23)COC1. The van der Waals surface area contributed by atoms with Gasteiger partial charge in [0.1, 0.15) is 5.78 Å². The fraction of sp³-hybridized carbons (Fsp3) is 0.438. The van der Waals surface area contributed by atoms with Gasteiger partial charge in [-0.1, -0.05) is 18.2 Å². The first kappa shape index (κ1) is 12.4. The van der Waals surface area contributed by atoms with Crippen molar-refractivity contribution in [3.05, 3.63) is 35.5 Å². The molecule has 1 aliphatic rings. The third kappa shape index (κ3) is 1.98. The second kappa shape index (κ2) is 4.49. The number of nitrogens with one attached hydrogen (secondary N) is 1. The molecule has 1 saturated heterocycles. The van der Waals surface area contributed by atoms with Crippen molar-refractivity contribution in [1.82, 2.24) is 4.98 Å². The lowest BCUT2D eigenvalue weighted by Crippen LogP contribution is -2.47. The Balaban J connectivity index is 2.06. The van der Waals surface area contributed by atoms with Gasteiger partial charge in [0, 0.05) is 28.4 Å². The van der Waals surface area contributed by atoms with Crippen LogP contribution in [0.4, 0.5) is 0 Å². The van der Waals surface area contributed by atoms with Crippen molar-refractivity contribution in [2.45, 2.75) is 32.1 Å². The number of benzene rings is 1. The van der Waals surface area contributed by atoms with Gasteiger partial charge in [0.25, 0.3) is 0 Å². The van der Waals surface area contributed by atoms with Crippen molar-refractivity contribution in [3.8, 4) is 0 Å². The molecule has 0 radical (unpaired) electrons. The monoisotopic (exact) mass is 257 g/mol. The highest BCUT2D eigenvalue weighted by Crippen LogP contribution is 2.42. The Hall–Kier alpha value is -1.61. The predicted molar refractivity (Wildman–Crippen MR) is 75.4 cm³/mol. The van der Waals surface area contributed by atoms with E-state index in [-0.39, 0.29) is 11.2 Å². The molecule has 3 nitrogen and oxygen atoms in total. The van der Waals surface area contributed by atoms with E-state index in [4.69, 9.17) is 4.74 Å². The van der Waals surface area contributed by atoms with Gasteiger partial charge in [-0.15, -0.1) is 0 Å². The Morgan fingerprint density at radius 3 is 2.74 bits per heavy atom. The molecule has 1 aliphatic heterocycles. The molecule has 0 bridgehead atoms. The third-order valence-electron chi connectivity index (χ3n) is 4.14. The molecule has 3 rings (SSSR count). The van der Waals surface area contributed by atoms with Crippen LogP contribution in [-0.2, 0) is 14.9 Å². The van der Waals surface area contributed by atoms with Crippen LogP contribution in [0.3, 0.4) is 0 Å². The molecule has 0 aliphatic carbocycles. The number of ether oxygens (including phenoxy) is 1. The van der Waals surface area contributed by atoms with Crippen LogP contribution in [0.2, 0.25) is 0 Å². The second-order valence-corrected chi connectivity index (χ2v) is 5.65. The van der Waals surface area contributed by atoms with E-state index in [0.29, 0.717) is 6.42 Å². The number of fused-ring (bicyclic) bond motifs is 1. The number of aryl methyl sites for hydroxylation is 1. The summed E-state index contributed by atoms with van der Waals surface area (Å²) in [6, 6.07) is 8.37. The van der Waals surface area contributed by atoms with Crippen molar-refractivity contribution >= 4 is 16.7 Å². The lowest BCUT2D eigenvalue weighted by Gasteiger charge is -2.42. The van der Waals surface area contributed by atoms with Crippen molar-refractivity contribution in [2.24, 2.45) is 0 Å². The van der Waals surface area contributed by atoms with Crippen LogP contribution in [0.5, 0.6) is 0 Å². The number of Topliss-reactive ketones (excluding diaryl/α,β-unsaturated/α-hetero) is 1. The maximum Gasteiger partial charge on any atom is 0.129 e. The smallest absolute Gasteiger partial charge is 0.129 e. The topological polar surface area (TPSA) is 42.1 Å². The van der Waals surface area contributed by atoms with Crippen LogP contribution in [0.1, 0.15) is 31.0 Å². The number of aromatic amines is 1. The van der Waals surface area contributed by atoms with E-state index in [1.807, 2.05) is 6.07 Å². The lowest BCUT2D eigenvalue weighted by molar-refractivity contribution is -0.119. The largest absolute Gasteiger partial charge is 0.379 e. The summed E-state index contributed by atoms with van der Waals surface area (Å²) >= 11 is 0. The quantitative estimate of drug-likeness (QED) is 0.914. The highest BCUT2D eigenvalue weighted by Gasteiger charge is 2.42. The van der Waals surface area contributed by atoms with Crippen molar-refractivity contribution in [1.29, 1.82) is 0 Å². The zero-order valence-corrected chi connectivity index (χ0v) is 11.5. The number of rotatable bonds is 4. The molecule has 100 valence electrons. The minimum Gasteiger partial charge on any atom is -0.379 e. The van der Waals surface area contributed by atoms with Crippen LogP contribution in [0, 0.1) is 6.92 Å². The number of ketones is 1. The van der Waals surface area contributed by atoms with Gasteiger partial charge in [0.2, 0.25) is 0 Å². The van der Waals surface area contributed by atoms with Gasteiger partial charge in [0.05, 0.1) is 13.2 Å². The maximum absolute atomic E-state index is 11.3. The fourth-order valence-electron chi connectivity index (χ4n) is 3.14. The first-order chi connectivity index (χ1) is 9.12. The van der Waals surface area contributed by atoms with Gasteiger partial charge < -0.3 is 14.5 Å². The molecule has 0 atom stereocenters. The van der Waals surface area contributed by atoms with Gasteiger partial charge in [-0.05, 0) is 31.9 Å². The van der Waals surface area contributed by atoms with Crippen LogP contribution in [-0.4, -0.2) is 24.0 Å². The number of carbonyl (C=O) groups is 1. The summed E-state index contributed by atoms with van der Waals surface area (Å²) in [5, 5.41) is 1.27. The molecule has 1 aromatic heterocycles. The second-order valence-electron chi connectivity index (χ2n) is 5.65. The predicted octanol–water partition coefficient (Wildman–Crippen LogP) is 3.11. The molecule has 3 heteroatoms. The standard InChI is InChI=1S/C16H19NO2/c1-11(18)7-8-16(9-19-10-16)15-12(2)17-14-6-4-3-5-13(14)15/h3-6,17H,7-10H2,1-2H3. The summed E-state index contributed by atoms with van der Waals surface area (Å²) in [6.07, 6.45) is 1.51. The molecule has 1 N–H and O–H groups in total. The van der Waals surface area contributed by atoms with Crippen molar-refractivity contribution in [2.75, 3.05) is 13.2 Å². The van der Waals surface area contributed by atoms with Crippen molar-refractivity contribution < 1.29 is 9.53 Å². The summed E-state index contributed by atoms with van der Waals surface area (Å²) in [6.45, 7) is 5.23. The van der Waals surface area contributed by atoms with E-state index in [0.717, 1.165) is 19.6 Å².